The number of anilines is 2. The van der Waals surface area contributed by atoms with E-state index in [4.69, 9.17) is 10.8 Å². The molecule has 0 amide bonds. The SMILES string of the molecule is Nc1cc(C(=O)O)cnc1NC1CC1. The number of aromatic nitrogens is 1. The minimum atomic E-state index is -1.01. The molecule has 14 heavy (non-hydrogen) atoms. The summed E-state index contributed by atoms with van der Waals surface area (Å²) >= 11 is 0. The summed E-state index contributed by atoms with van der Waals surface area (Å²) in [6, 6.07) is 1.88. The fourth-order valence-electron chi connectivity index (χ4n) is 1.14. The Labute approximate surface area is 81.0 Å². The Morgan fingerprint density at radius 1 is 1.64 bits per heavy atom. The van der Waals surface area contributed by atoms with Crippen LogP contribution >= 0.6 is 0 Å². The zero-order valence-electron chi connectivity index (χ0n) is 7.53. The molecule has 0 aromatic carbocycles. The monoisotopic (exact) mass is 193 g/mol. The van der Waals surface area contributed by atoms with Crippen LogP contribution in [0, 0.1) is 0 Å². The Hall–Kier alpha value is -1.78. The highest BCUT2D eigenvalue weighted by molar-refractivity contribution is 5.89. The van der Waals surface area contributed by atoms with Gasteiger partial charge in [0, 0.05) is 12.2 Å². The highest BCUT2D eigenvalue weighted by atomic mass is 16.4. The van der Waals surface area contributed by atoms with E-state index in [0.29, 0.717) is 17.5 Å². The molecule has 0 aliphatic heterocycles. The number of nitrogens with one attached hydrogen (secondary N) is 1. The molecule has 0 bridgehead atoms. The van der Waals surface area contributed by atoms with Crippen molar-refractivity contribution in [2.45, 2.75) is 18.9 Å². The summed E-state index contributed by atoms with van der Waals surface area (Å²) in [6.07, 6.45) is 3.56. The van der Waals surface area contributed by atoms with Gasteiger partial charge in [0.15, 0.2) is 0 Å². The van der Waals surface area contributed by atoms with Crippen molar-refractivity contribution < 1.29 is 9.90 Å². The lowest BCUT2D eigenvalue weighted by Gasteiger charge is -2.06. The van der Waals surface area contributed by atoms with Crippen LogP contribution in [0.5, 0.6) is 0 Å². The van der Waals surface area contributed by atoms with E-state index in [2.05, 4.69) is 10.3 Å². The van der Waals surface area contributed by atoms with E-state index in [1.807, 2.05) is 0 Å². The zero-order chi connectivity index (χ0) is 10.1. The quantitative estimate of drug-likeness (QED) is 0.664. The molecule has 4 N–H and O–H groups in total. The second-order valence-corrected chi connectivity index (χ2v) is 3.39. The first-order chi connectivity index (χ1) is 6.66. The van der Waals surface area contributed by atoms with Crippen LogP contribution in [0.2, 0.25) is 0 Å². The Kier molecular flexibility index (Phi) is 1.99. The fraction of sp³-hybridized carbons (Fsp3) is 0.333. The third-order valence-electron chi connectivity index (χ3n) is 2.08. The van der Waals surface area contributed by atoms with E-state index in [9.17, 15) is 4.79 Å². The first-order valence-electron chi connectivity index (χ1n) is 4.42. The van der Waals surface area contributed by atoms with Crippen LogP contribution in [0.15, 0.2) is 12.3 Å². The van der Waals surface area contributed by atoms with Crippen molar-refractivity contribution in [3.8, 4) is 0 Å². The van der Waals surface area contributed by atoms with Crippen LogP contribution in [0.1, 0.15) is 23.2 Å². The number of hydrogen-bond donors (Lipinski definition) is 3. The highest BCUT2D eigenvalue weighted by Crippen LogP contribution is 2.26. The molecular weight excluding hydrogens is 182 g/mol. The van der Waals surface area contributed by atoms with Crippen molar-refractivity contribution >= 4 is 17.5 Å². The first-order valence-corrected chi connectivity index (χ1v) is 4.42. The molecule has 0 atom stereocenters. The van der Waals surface area contributed by atoms with Crippen molar-refractivity contribution in [3.63, 3.8) is 0 Å². The van der Waals surface area contributed by atoms with Crippen molar-refractivity contribution in [3.05, 3.63) is 17.8 Å². The standard InChI is InChI=1S/C9H11N3O2/c10-7-3-5(9(13)14)4-11-8(7)12-6-1-2-6/h3-4,6H,1-2,10H2,(H,11,12)(H,13,14). The lowest BCUT2D eigenvalue weighted by molar-refractivity contribution is 0.0696. The zero-order valence-corrected chi connectivity index (χ0v) is 7.53. The maximum Gasteiger partial charge on any atom is 0.337 e. The molecule has 1 heterocycles. The molecule has 1 fully saturated rings. The lowest BCUT2D eigenvalue weighted by Crippen LogP contribution is -2.08. The lowest BCUT2D eigenvalue weighted by atomic mass is 10.2. The Morgan fingerprint density at radius 2 is 2.36 bits per heavy atom. The van der Waals surface area contributed by atoms with Gasteiger partial charge in [-0.2, -0.15) is 0 Å². The minimum absolute atomic E-state index is 0.115. The maximum atomic E-state index is 10.6. The first kappa shape index (κ1) is 8.80. The summed E-state index contributed by atoms with van der Waals surface area (Å²) in [5, 5.41) is 11.8. The molecule has 5 heteroatoms. The van der Waals surface area contributed by atoms with Crippen molar-refractivity contribution in [2.75, 3.05) is 11.1 Å². The minimum Gasteiger partial charge on any atom is -0.478 e. The van der Waals surface area contributed by atoms with Crippen LogP contribution in [0.25, 0.3) is 0 Å². The van der Waals surface area contributed by atoms with E-state index in [0.717, 1.165) is 12.8 Å². The van der Waals surface area contributed by atoms with Gasteiger partial charge < -0.3 is 16.2 Å². The van der Waals surface area contributed by atoms with Gasteiger partial charge in [0.25, 0.3) is 0 Å². The van der Waals surface area contributed by atoms with Gasteiger partial charge in [0.2, 0.25) is 0 Å². The smallest absolute Gasteiger partial charge is 0.337 e. The number of aromatic carboxylic acids is 1. The summed E-state index contributed by atoms with van der Waals surface area (Å²) in [5.74, 6) is -0.431. The predicted molar refractivity (Wildman–Crippen MR) is 52.3 cm³/mol. The Morgan fingerprint density at radius 3 is 2.86 bits per heavy atom. The van der Waals surface area contributed by atoms with Crippen LogP contribution in [0.3, 0.4) is 0 Å². The van der Waals surface area contributed by atoms with Crippen molar-refractivity contribution in [1.82, 2.24) is 4.98 Å². The second-order valence-electron chi connectivity index (χ2n) is 3.39. The average Bonchev–Trinajstić information content (AvgIpc) is 2.92. The van der Waals surface area contributed by atoms with Gasteiger partial charge in [0.05, 0.1) is 11.3 Å². The summed E-state index contributed by atoms with van der Waals surface area (Å²) in [4.78, 5) is 14.5. The third-order valence-corrected chi connectivity index (χ3v) is 2.08. The van der Waals surface area contributed by atoms with Gasteiger partial charge >= 0.3 is 5.97 Å². The van der Waals surface area contributed by atoms with E-state index < -0.39 is 5.97 Å². The summed E-state index contributed by atoms with van der Waals surface area (Å²) < 4.78 is 0. The molecule has 1 aliphatic carbocycles. The van der Waals surface area contributed by atoms with E-state index >= 15 is 0 Å². The number of nitrogens with two attached hydrogens (primary N) is 1. The normalized spacial score (nSPS) is 15.1. The highest BCUT2D eigenvalue weighted by Gasteiger charge is 2.22. The molecule has 1 aromatic rings. The maximum absolute atomic E-state index is 10.6. The third kappa shape index (κ3) is 1.76. The summed E-state index contributed by atoms with van der Waals surface area (Å²) in [5.41, 5.74) is 6.15. The number of rotatable bonds is 3. The van der Waals surface area contributed by atoms with Gasteiger partial charge in [-0.3, -0.25) is 0 Å². The van der Waals surface area contributed by atoms with Gasteiger partial charge in [0.1, 0.15) is 5.82 Å². The number of carbonyl (C=O) groups is 1. The number of carboxylic acid groups (broad SMARTS) is 1. The second kappa shape index (κ2) is 3.17. The number of hydrogen-bond acceptors (Lipinski definition) is 4. The Balaban J connectivity index is 2.21. The van der Waals surface area contributed by atoms with Crippen molar-refractivity contribution in [1.29, 1.82) is 0 Å². The van der Waals surface area contributed by atoms with E-state index in [-0.39, 0.29) is 5.56 Å². The summed E-state index contributed by atoms with van der Waals surface area (Å²) in [6.45, 7) is 0. The summed E-state index contributed by atoms with van der Waals surface area (Å²) in [7, 11) is 0. The van der Waals surface area contributed by atoms with Crippen molar-refractivity contribution in [2.24, 2.45) is 0 Å². The number of nitrogens with zero attached hydrogens (tertiary/aromatic N) is 1. The average molecular weight is 193 g/mol. The van der Waals surface area contributed by atoms with Crippen LogP contribution in [0.4, 0.5) is 11.5 Å². The molecule has 0 spiro atoms. The number of nitrogen functional groups attached to an aromatic ring is 1. The molecule has 1 saturated carbocycles. The topological polar surface area (TPSA) is 88.2 Å². The predicted octanol–water partition coefficient (Wildman–Crippen LogP) is 0.936. The van der Waals surface area contributed by atoms with Gasteiger partial charge in [-0.15, -0.1) is 0 Å². The largest absolute Gasteiger partial charge is 0.478 e. The molecular formula is C9H11N3O2. The van der Waals surface area contributed by atoms with Crippen LogP contribution in [-0.4, -0.2) is 22.1 Å². The fourth-order valence-corrected chi connectivity index (χ4v) is 1.14. The number of pyridine rings is 1. The molecule has 2 rings (SSSR count). The molecule has 0 unspecified atom stereocenters. The number of carboxylic acids is 1. The van der Waals surface area contributed by atoms with E-state index in [1.54, 1.807) is 0 Å². The van der Waals surface area contributed by atoms with Crippen LogP contribution < -0.4 is 11.1 Å². The molecule has 1 aliphatic rings. The van der Waals surface area contributed by atoms with Gasteiger partial charge in [-0.05, 0) is 18.9 Å². The molecule has 5 nitrogen and oxygen atoms in total. The molecule has 0 saturated heterocycles. The Bertz CT molecular complexity index is 374. The molecule has 74 valence electrons. The molecule has 1 aromatic heterocycles. The van der Waals surface area contributed by atoms with Gasteiger partial charge in [-0.25, -0.2) is 9.78 Å². The van der Waals surface area contributed by atoms with Gasteiger partial charge in [-0.1, -0.05) is 0 Å². The molecule has 0 radical (unpaired) electrons. The van der Waals surface area contributed by atoms with E-state index in [1.165, 1.54) is 12.3 Å². The van der Waals surface area contributed by atoms with Crippen LogP contribution in [-0.2, 0) is 0 Å².